The van der Waals surface area contributed by atoms with Gasteiger partial charge >= 0.3 is 0 Å². The minimum Gasteiger partial charge on any atom is -0.508 e. The van der Waals surface area contributed by atoms with Gasteiger partial charge in [-0.3, -0.25) is 0 Å². The van der Waals surface area contributed by atoms with E-state index in [1.165, 1.54) is 5.56 Å². The van der Waals surface area contributed by atoms with Crippen LogP contribution in [0.5, 0.6) is 11.5 Å². The van der Waals surface area contributed by atoms with Crippen LogP contribution in [-0.4, -0.2) is 12.2 Å². The number of para-hydroxylation sites is 1. The van der Waals surface area contributed by atoms with Crippen molar-refractivity contribution in [1.29, 1.82) is 0 Å². The van der Waals surface area contributed by atoms with Crippen molar-refractivity contribution in [2.75, 3.05) is 7.11 Å². The molecule has 0 saturated carbocycles. The minimum absolute atomic E-state index is 0.0675. The molecule has 0 spiro atoms. The van der Waals surface area contributed by atoms with Gasteiger partial charge in [-0.25, -0.2) is 0 Å². The highest BCUT2D eigenvalue weighted by Gasteiger charge is 2.19. The van der Waals surface area contributed by atoms with Crippen LogP contribution in [0, 0.1) is 0 Å². The highest BCUT2D eigenvalue weighted by Crippen LogP contribution is 2.37. The Labute approximate surface area is 130 Å². The third kappa shape index (κ3) is 2.82. The molecule has 0 aliphatic rings. The number of rotatable bonds is 4. The molecule has 0 amide bonds. The molecule has 110 valence electrons. The Balaban J connectivity index is 2.17. The van der Waals surface area contributed by atoms with Crippen LogP contribution in [0.4, 0.5) is 0 Å². The van der Waals surface area contributed by atoms with Crippen molar-refractivity contribution in [3.05, 3.63) is 95.6 Å². The van der Waals surface area contributed by atoms with Gasteiger partial charge in [0.05, 0.1) is 7.11 Å². The molecule has 0 heterocycles. The summed E-state index contributed by atoms with van der Waals surface area (Å²) in [7, 11) is 1.69. The molecule has 3 aromatic carbocycles. The van der Waals surface area contributed by atoms with E-state index >= 15 is 0 Å². The van der Waals surface area contributed by atoms with Gasteiger partial charge in [-0.15, -0.1) is 0 Å². The molecule has 0 bridgehead atoms. The molecule has 0 aromatic heterocycles. The van der Waals surface area contributed by atoms with E-state index in [0.29, 0.717) is 0 Å². The number of phenolic OH excluding ortho intramolecular Hbond substituents is 1. The third-order valence-corrected chi connectivity index (χ3v) is 3.81. The van der Waals surface area contributed by atoms with E-state index in [0.717, 1.165) is 16.9 Å². The number of hydrogen-bond donors (Lipinski definition) is 1. The van der Waals surface area contributed by atoms with Crippen LogP contribution in [0.2, 0.25) is 0 Å². The molecule has 2 heteroatoms. The highest BCUT2D eigenvalue weighted by molar-refractivity contribution is 5.49. The van der Waals surface area contributed by atoms with E-state index in [-0.39, 0.29) is 11.7 Å². The molecule has 3 aromatic rings. The van der Waals surface area contributed by atoms with Crippen LogP contribution >= 0.6 is 0 Å². The minimum atomic E-state index is 0.0675. The van der Waals surface area contributed by atoms with Gasteiger partial charge < -0.3 is 9.84 Å². The van der Waals surface area contributed by atoms with Crippen LogP contribution in [-0.2, 0) is 0 Å². The first-order valence-electron chi connectivity index (χ1n) is 7.26. The highest BCUT2D eigenvalue weighted by atomic mass is 16.5. The lowest BCUT2D eigenvalue weighted by atomic mass is 9.84. The first-order valence-corrected chi connectivity index (χ1v) is 7.26. The molecule has 3 rings (SSSR count). The molecular formula is C20H18O2. The monoisotopic (exact) mass is 290 g/mol. The van der Waals surface area contributed by atoms with E-state index < -0.39 is 0 Å². The molecule has 1 N–H and O–H groups in total. The summed E-state index contributed by atoms with van der Waals surface area (Å²) >= 11 is 0. The summed E-state index contributed by atoms with van der Waals surface area (Å²) in [6.45, 7) is 0. The van der Waals surface area contributed by atoms with Gasteiger partial charge in [0.2, 0.25) is 0 Å². The summed E-state index contributed by atoms with van der Waals surface area (Å²) < 4.78 is 5.54. The second kappa shape index (κ2) is 6.35. The van der Waals surface area contributed by atoms with Crippen molar-refractivity contribution < 1.29 is 9.84 Å². The molecule has 0 fully saturated rings. The lowest BCUT2D eigenvalue weighted by Crippen LogP contribution is -2.05. The second-order valence-corrected chi connectivity index (χ2v) is 5.18. The van der Waals surface area contributed by atoms with Crippen LogP contribution in [0.25, 0.3) is 0 Å². The molecule has 0 aliphatic heterocycles. The van der Waals surface area contributed by atoms with Crippen molar-refractivity contribution in [2.45, 2.75) is 5.92 Å². The first kappa shape index (κ1) is 14.2. The van der Waals surface area contributed by atoms with Crippen molar-refractivity contribution >= 4 is 0 Å². The third-order valence-electron chi connectivity index (χ3n) is 3.81. The SMILES string of the molecule is COc1ccccc1C(c1ccccc1)c1ccc(O)cc1. The summed E-state index contributed by atoms with van der Waals surface area (Å²) in [5.74, 6) is 1.21. The fraction of sp³-hybridized carbons (Fsp3) is 0.100. The molecule has 1 unspecified atom stereocenters. The maximum absolute atomic E-state index is 9.56. The van der Waals surface area contributed by atoms with Gasteiger partial charge in [0.1, 0.15) is 11.5 Å². The predicted octanol–water partition coefficient (Wildman–Crippen LogP) is 4.58. The van der Waals surface area contributed by atoms with Gasteiger partial charge in [0.25, 0.3) is 0 Å². The Morgan fingerprint density at radius 2 is 1.32 bits per heavy atom. The van der Waals surface area contributed by atoms with Gasteiger partial charge in [0.15, 0.2) is 0 Å². The fourth-order valence-electron chi connectivity index (χ4n) is 2.77. The number of aromatic hydroxyl groups is 1. The summed E-state index contributed by atoms with van der Waals surface area (Å²) in [4.78, 5) is 0. The number of phenols is 1. The van der Waals surface area contributed by atoms with Crippen molar-refractivity contribution in [3.8, 4) is 11.5 Å². The smallest absolute Gasteiger partial charge is 0.123 e. The topological polar surface area (TPSA) is 29.5 Å². The zero-order chi connectivity index (χ0) is 15.4. The van der Waals surface area contributed by atoms with Crippen molar-refractivity contribution in [1.82, 2.24) is 0 Å². The Kier molecular flexibility index (Phi) is 4.10. The quantitative estimate of drug-likeness (QED) is 0.713. The number of methoxy groups -OCH3 is 1. The van der Waals surface area contributed by atoms with Crippen LogP contribution in [0.15, 0.2) is 78.9 Å². The summed E-state index contributed by atoms with van der Waals surface area (Å²) in [5.41, 5.74) is 3.42. The fourth-order valence-corrected chi connectivity index (χ4v) is 2.77. The van der Waals surface area contributed by atoms with Crippen molar-refractivity contribution in [3.63, 3.8) is 0 Å². The van der Waals surface area contributed by atoms with E-state index in [1.807, 2.05) is 48.5 Å². The standard InChI is InChI=1S/C20H18O2/c1-22-19-10-6-5-9-18(19)20(15-7-3-2-4-8-15)16-11-13-17(21)14-12-16/h2-14,20-21H,1H3. The first-order chi connectivity index (χ1) is 10.8. The number of hydrogen-bond acceptors (Lipinski definition) is 2. The predicted molar refractivity (Wildman–Crippen MR) is 88.5 cm³/mol. The summed E-state index contributed by atoms with van der Waals surface area (Å²) in [6, 6.07) is 25.7. The van der Waals surface area contributed by atoms with Gasteiger partial charge in [-0.2, -0.15) is 0 Å². The van der Waals surface area contributed by atoms with E-state index in [9.17, 15) is 5.11 Å². The van der Waals surface area contributed by atoms with Crippen LogP contribution in [0.3, 0.4) is 0 Å². The number of ether oxygens (including phenoxy) is 1. The van der Waals surface area contributed by atoms with Gasteiger partial charge in [-0.1, -0.05) is 60.7 Å². The van der Waals surface area contributed by atoms with Crippen molar-refractivity contribution in [2.24, 2.45) is 0 Å². The Morgan fingerprint density at radius 1 is 0.727 bits per heavy atom. The van der Waals surface area contributed by atoms with Gasteiger partial charge in [-0.05, 0) is 29.3 Å². The Hall–Kier alpha value is -2.74. The Bertz CT molecular complexity index is 733. The largest absolute Gasteiger partial charge is 0.508 e. The second-order valence-electron chi connectivity index (χ2n) is 5.18. The average molecular weight is 290 g/mol. The van der Waals surface area contributed by atoms with E-state index in [2.05, 4.69) is 18.2 Å². The molecule has 22 heavy (non-hydrogen) atoms. The molecule has 0 aliphatic carbocycles. The molecular weight excluding hydrogens is 272 g/mol. The normalized spacial score (nSPS) is 11.9. The van der Waals surface area contributed by atoms with E-state index in [1.54, 1.807) is 19.2 Å². The number of benzene rings is 3. The summed E-state index contributed by atoms with van der Waals surface area (Å²) in [5, 5.41) is 9.56. The Morgan fingerprint density at radius 3 is 2.00 bits per heavy atom. The molecule has 0 radical (unpaired) electrons. The summed E-state index contributed by atoms with van der Waals surface area (Å²) in [6.07, 6.45) is 0. The molecule has 0 saturated heterocycles. The maximum Gasteiger partial charge on any atom is 0.123 e. The molecule has 2 nitrogen and oxygen atoms in total. The average Bonchev–Trinajstić information content (AvgIpc) is 2.58. The zero-order valence-electron chi connectivity index (χ0n) is 12.4. The van der Waals surface area contributed by atoms with E-state index in [4.69, 9.17) is 4.74 Å². The van der Waals surface area contributed by atoms with Gasteiger partial charge in [0, 0.05) is 11.5 Å². The molecule has 1 atom stereocenters. The zero-order valence-corrected chi connectivity index (χ0v) is 12.4. The maximum atomic E-state index is 9.56. The van der Waals surface area contributed by atoms with Crippen LogP contribution < -0.4 is 4.74 Å². The lowest BCUT2D eigenvalue weighted by Gasteiger charge is -2.21. The lowest BCUT2D eigenvalue weighted by molar-refractivity contribution is 0.409. The van der Waals surface area contributed by atoms with Crippen LogP contribution in [0.1, 0.15) is 22.6 Å².